The second-order valence-corrected chi connectivity index (χ2v) is 6.70. The minimum absolute atomic E-state index is 0.213. The molecule has 0 saturated carbocycles. The highest BCUT2D eigenvalue weighted by atomic mass is 32.2. The van der Waals surface area contributed by atoms with E-state index in [1.807, 2.05) is 31.2 Å². The summed E-state index contributed by atoms with van der Waals surface area (Å²) in [7, 11) is 0. The first-order chi connectivity index (χ1) is 6.88. The van der Waals surface area contributed by atoms with Crippen molar-refractivity contribution in [3.63, 3.8) is 0 Å². The Morgan fingerprint density at radius 3 is 2.53 bits per heavy atom. The molecule has 1 rings (SSSR count). The van der Waals surface area contributed by atoms with Gasteiger partial charge in [0, 0.05) is 10.5 Å². The van der Waals surface area contributed by atoms with Gasteiger partial charge in [0.1, 0.15) is 0 Å². The van der Waals surface area contributed by atoms with E-state index in [-0.39, 0.29) is 10.9 Å². The van der Waals surface area contributed by atoms with Crippen LogP contribution in [-0.2, 0) is 0 Å². The second kappa shape index (κ2) is 5.04. The first-order valence-electron chi connectivity index (χ1n) is 5.27. The van der Waals surface area contributed by atoms with Crippen molar-refractivity contribution < 1.29 is 5.11 Å². The van der Waals surface area contributed by atoms with E-state index in [2.05, 4.69) is 20.8 Å². The van der Waals surface area contributed by atoms with Crippen molar-refractivity contribution in [3.05, 3.63) is 35.4 Å². The molecule has 1 aromatic carbocycles. The van der Waals surface area contributed by atoms with Crippen molar-refractivity contribution >= 4 is 11.8 Å². The van der Waals surface area contributed by atoms with Gasteiger partial charge in [0.15, 0.2) is 0 Å². The molecule has 0 aliphatic heterocycles. The number of aryl methyl sites for hydroxylation is 1. The van der Waals surface area contributed by atoms with Crippen molar-refractivity contribution in [3.8, 4) is 0 Å². The fourth-order valence-corrected chi connectivity index (χ4v) is 2.15. The number of aliphatic hydroxyl groups excluding tert-OH is 1. The third-order valence-corrected chi connectivity index (χ3v) is 3.45. The van der Waals surface area contributed by atoms with Gasteiger partial charge in [0.05, 0.1) is 6.10 Å². The van der Waals surface area contributed by atoms with E-state index in [1.165, 1.54) is 5.56 Å². The zero-order valence-electron chi connectivity index (χ0n) is 9.95. The average molecular weight is 224 g/mol. The minimum Gasteiger partial charge on any atom is -0.388 e. The van der Waals surface area contributed by atoms with Gasteiger partial charge in [-0.1, -0.05) is 50.6 Å². The SMILES string of the molecule is Cc1cccc(C(O)CSC(C)(C)C)c1. The number of hydrogen-bond acceptors (Lipinski definition) is 2. The van der Waals surface area contributed by atoms with Crippen LogP contribution in [0.5, 0.6) is 0 Å². The number of benzene rings is 1. The third-order valence-electron chi connectivity index (χ3n) is 2.10. The van der Waals surface area contributed by atoms with Gasteiger partial charge in [0.25, 0.3) is 0 Å². The molecule has 0 amide bonds. The maximum Gasteiger partial charge on any atom is 0.0880 e. The third kappa shape index (κ3) is 4.72. The van der Waals surface area contributed by atoms with Gasteiger partial charge in [-0.2, -0.15) is 11.8 Å². The van der Waals surface area contributed by atoms with Crippen LogP contribution in [0.1, 0.15) is 38.0 Å². The van der Waals surface area contributed by atoms with Gasteiger partial charge in [-0.15, -0.1) is 0 Å². The molecule has 1 aromatic rings. The largest absolute Gasteiger partial charge is 0.388 e. The molecule has 0 heterocycles. The van der Waals surface area contributed by atoms with Crippen molar-refractivity contribution in [2.24, 2.45) is 0 Å². The zero-order chi connectivity index (χ0) is 11.5. The van der Waals surface area contributed by atoms with Crippen molar-refractivity contribution in [1.82, 2.24) is 0 Å². The maximum atomic E-state index is 9.99. The zero-order valence-corrected chi connectivity index (χ0v) is 10.8. The Kier molecular flexibility index (Phi) is 4.23. The number of thioether (sulfide) groups is 1. The molecule has 1 unspecified atom stereocenters. The summed E-state index contributed by atoms with van der Waals surface area (Å²) in [5.41, 5.74) is 2.22. The molecule has 0 saturated heterocycles. The summed E-state index contributed by atoms with van der Waals surface area (Å²) in [5.74, 6) is 0.757. The molecule has 0 fully saturated rings. The van der Waals surface area contributed by atoms with Crippen molar-refractivity contribution in [2.45, 2.75) is 38.5 Å². The van der Waals surface area contributed by atoms with Crippen LogP contribution in [0.25, 0.3) is 0 Å². The molecule has 84 valence electrons. The lowest BCUT2D eigenvalue weighted by Gasteiger charge is -2.20. The van der Waals surface area contributed by atoms with Crippen LogP contribution in [0, 0.1) is 6.92 Å². The van der Waals surface area contributed by atoms with Crippen LogP contribution in [0.3, 0.4) is 0 Å². The first kappa shape index (κ1) is 12.6. The number of rotatable bonds is 3. The van der Waals surface area contributed by atoms with Crippen LogP contribution in [0.15, 0.2) is 24.3 Å². The molecule has 0 bridgehead atoms. The Morgan fingerprint density at radius 1 is 1.33 bits per heavy atom. The highest BCUT2D eigenvalue weighted by Gasteiger charge is 2.15. The van der Waals surface area contributed by atoms with Crippen LogP contribution < -0.4 is 0 Å². The Balaban J connectivity index is 2.58. The molecule has 1 N–H and O–H groups in total. The van der Waals surface area contributed by atoms with E-state index in [0.717, 1.165) is 11.3 Å². The lowest BCUT2D eigenvalue weighted by atomic mass is 10.1. The molecule has 0 spiro atoms. The number of hydrogen-bond donors (Lipinski definition) is 1. The minimum atomic E-state index is -0.353. The van der Waals surface area contributed by atoms with Gasteiger partial charge in [0.2, 0.25) is 0 Å². The molecular formula is C13H20OS. The van der Waals surface area contributed by atoms with E-state index < -0.39 is 0 Å². The van der Waals surface area contributed by atoms with Crippen molar-refractivity contribution in [1.29, 1.82) is 0 Å². The Labute approximate surface area is 96.9 Å². The predicted molar refractivity (Wildman–Crippen MR) is 68.3 cm³/mol. The van der Waals surface area contributed by atoms with Gasteiger partial charge >= 0.3 is 0 Å². The van der Waals surface area contributed by atoms with E-state index in [0.29, 0.717) is 0 Å². The van der Waals surface area contributed by atoms with Crippen molar-refractivity contribution in [2.75, 3.05) is 5.75 Å². The summed E-state index contributed by atoms with van der Waals surface area (Å²) in [6, 6.07) is 8.08. The standard InChI is InChI=1S/C13H20OS/c1-10-6-5-7-11(8-10)12(14)9-15-13(2,3)4/h5-8,12,14H,9H2,1-4H3. The molecule has 1 atom stereocenters. The van der Waals surface area contributed by atoms with Gasteiger partial charge < -0.3 is 5.11 Å². The monoisotopic (exact) mass is 224 g/mol. The van der Waals surface area contributed by atoms with Crippen LogP contribution in [0.4, 0.5) is 0 Å². The molecule has 0 aromatic heterocycles. The Morgan fingerprint density at radius 2 is 2.00 bits per heavy atom. The number of aliphatic hydroxyl groups is 1. The highest BCUT2D eigenvalue weighted by Crippen LogP contribution is 2.28. The normalized spacial score (nSPS) is 13.9. The van der Waals surface area contributed by atoms with E-state index in [4.69, 9.17) is 0 Å². The smallest absolute Gasteiger partial charge is 0.0880 e. The molecule has 0 aliphatic carbocycles. The van der Waals surface area contributed by atoms with E-state index >= 15 is 0 Å². The lowest BCUT2D eigenvalue weighted by molar-refractivity contribution is 0.203. The summed E-state index contributed by atoms with van der Waals surface area (Å²) in [4.78, 5) is 0. The summed E-state index contributed by atoms with van der Waals surface area (Å²) in [6.45, 7) is 8.55. The average Bonchev–Trinajstić information content (AvgIpc) is 2.13. The van der Waals surface area contributed by atoms with Gasteiger partial charge in [-0.25, -0.2) is 0 Å². The summed E-state index contributed by atoms with van der Waals surface area (Å²) in [6.07, 6.45) is -0.353. The summed E-state index contributed by atoms with van der Waals surface area (Å²) in [5, 5.41) is 9.99. The van der Waals surface area contributed by atoms with Crippen LogP contribution in [0.2, 0.25) is 0 Å². The fraction of sp³-hybridized carbons (Fsp3) is 0.538. The first-order valence-corrected chi connectivity index (χ1v) is 6.25. The van der Waals surface area contributed by atoms with Gasteiger partial charge in [-0.3, -0.25) is 0 Å². The predicted octanol–water partition coefficient (Wildman–Crippen LogP) is 3.56. The Hall–Kier alpha value is -0.470. The fourth-order valence-electron chi connectivity index (χ4n) is 1.30. The molecule has 15 heavy (non-hydrogen) atoms. The van der Waals surface area contributed by atoms with Gasteiger partial charge in [-0.05, 0) is 12.5 Å². The lowest BCUT2D eigenvalue weighted by Crippen LogP contribution is -2.12. The summed E-state index contributed by atoms with van der Waals surface area (Å²) < 4.78 is 0.213. The summed E-state index contributed by atoms with van der Waals surface area (Å²) >= 11 is 1.79. The second-order valence-electron chi connectivity index (χ2n) is 4.85. The molecule has 2 heteroatoms. The molecular weight excluding hydrogens is 204 g/mol. The topological polar surface area (TPSA) is 20.2 Å². The molecule has 0 aliphatic rings. The van der Waals surface area contributed by atoms with E-state index in [1.54, 1.807) is 11.8 Å². The quantitative estimate of drug-likeness (QED) is 0.847. The maximum absolute atomic E-state index is 9.99. The van der Waals surface area contributed by atoms with Crippen LogP contribution >= 0.6 is 11.8 Å². The highest BCUT2D eigenvalue weighted by molar-refractivity contribution is 8.00. The molecule has 0 radical (unpaired) electrons. The van der Waals surface area contributed by atoms with E-state index in [9.17, 15) is 5.11 Å². The Bertz CT molecular complexity index is 315. The van der Waals surface area contributed by atoms with Crippen LogP contribution in [-0.4, -0.2) is 15.6 Å². The molecule has 1 nitrogen and oxygen atoms in total.